The van der Waals surface area contributed by atoms with Gasteiger partial charge in [0.25, 0.3) is 0 Å². The Bertz CT molecular complexity index is 852. The first kappa shape index (κ1) is 14.0. The van der Waals surface area contributed by atoms with Gasteiger partial charge >= 0.3 is 6.01 Å². The molecule has 3 aromatic rings. The molecular formula is C16H18N6O. The number of nitrogens with one attached hydrogen (secondary N) is 1. The van der Waals surface area contributed by atoms with Gasteiger partial charge in [-0.1, -0.05) is 12.1 Å². The van der Waals surface area contributed by atoms with Crippen molar-refractivity contribution in [2.45, 2.75) is 18.3 Å². The van der Waals surface area contributed by atoms with E-state index in [9.17, 15) is 0 Å². The average Bonchev–Trinajstić information content (AvgIpc) is 3.33. The number of ether oxygens (including phenoxy) is 1. The van der Waals surface area contributed by atoms with E-state index in [2.05, 4.69) is 33.1 Å². The zero-order valence-corrected chi connectivity index (χ0v) is 13.0. The molecule has 1 aliphatic carbocycles. The van der Waals surface area contributed by atoms with Gasteiger partial charge in [0.1, 0.15) is 11.6 Å². The molecular weight excluding hydrogens is 292 g/mol. The normalized spacial score (nSPS) is 19.8. The minimum Gasteiger partial charge on any atom is -0.467 e. The van der Waals surface area contributed by atoms with Crippen LogP contribution in [-0.2, 0) is 7.05 Å². The van der Waals surface area contributed by atoms with Crippen LogP contribution < -0.4 is 16.0 Å². The number of para-hydroxylation sites is 2. The average molecular weight is 310 g/mol. The van der Waals surface area contributed by atoms with E-state index < -0.39 is 0 Å². The number of rotatable bonds is 4. The zero-order chi connectivity index (χ0) is 16.0. The summed E-state index contributed by atoms with van der Waals surface area (Å²) in [6.07, 6.45) is 1.02. The van der Waals surface area contributed by atoms with Gasteiger partial charge in [-0.25, -0.2) is 10.8 Å². The molecule has 118 valence electrons. The van der Waals surface area contributed by atoms with Crippen molar-refractivity contribution in [2.24, 2.45) is 12.9 Å². The lowest BCUT2D eigenvalue weighted by molar-refractivity contribution is 0.378. The van der Waals surface area contributed by atoms with Crippen molar-refractivity contribution in [3.8, 4) is 6.01 Å². The number of anilines is 1. The summed E-state index contributed by atoms with van der Waals surface area (Å²) in [4.78, 5) is 13.4. The molecule has 1 aliphatic rings. The fourth-order valence-electron chi connectivity index (χ4n) is 3.10. The third-order valence-electron chi connectivity index (χ3n) is 4.38. The number of hydrazine groups is 1. The Morgan fingerprint density at radius 2 is 2.04 bits per heavy atom. The van der Waals surface area contributed by atoms with Crippen LogP contribution in [0, 0.1) is 0 Å². The van der Waals surface area contributed by atoms with Crippen LogP contribution in [0.2, 0.25) is 0 Å². The summed E-state index contributed by atoms with van der Waals surface area (Å²) in [7, 11) is 3.61. The van der Waals surface area contributed by atoms with E-state index in [4.69, 9.17) is 15.6 Å². The van der Waals surface area contributed by atoms with E-state index in [1.54, 1.807) is 7.11 Å². The second kappa shape index (κ2) is 5.20. The molecule has 2 heterocycles. The third-order valence-corrected chi connectivity index (χ3v) is 4.38. The summed E-state index contributed by atoms with van der Waals surface area (Å²) < 4.78 is 7.32. The van der Waals surface area contributed by atoms with Crippen LogP contribution >= 0.6 is 0 Å². The van der Waals surface area contributed by atoms with Crippen molar-refractivity contribution in [3.05, 3.63) is 41.9 Å². The Balaban J connectivity index is 1.68. The van der Waals surface area contributed by atoms with Crippen LogP contribution in [0.1, 0.15) is 29.8 Å². The zero-order valence-electron chi connectivity index (χ0n) is 13.0. The number of benzene rings is 1. The number of hydrogen-bond donors (Lipinski definition) is 2. The molecule has 7 heteroatoms. The van der Waals surface area contributed by atoms with Crippen LogP contribution in [0.4, 0.5) is 5.82 Å². The van der Waals surface area contributed by atoms with Gasteiger partial charge < -0.3 is 14.7 Å². The van der Waals surface area contributed by atoms with Crippen molar-refractivity contribution >= 4 is 16.9 Å². The van der Waals surface area contributed by atoms with E-state index in [1.165, 1.54) is 0 Å². The Kier molecular flexibility index (Phi) is 3.16. The van der Waals surface area contributed by atoms with Gasteiger partial charge in [0.2, 0.25) is 0 Å². The van der Waals surface area contributed by atoms with E-state index in [1.807, 2.05) is 24.3 Å². The van der Waals surface area contributed by atoms with Crippen LogP contribution in [0.25, 0.3) is 11.0 Å². The molecule has 1 saturated carbocycles. The second-order valence-corrected chi connectivity index (χ2v) is 5.78. The smallest absolute Gasteiger partial charge is 0.318 e. The number of nitrogens with zero attached hydrogens (tertiary/aromatic N) is 4. The lowest BCUT2D eigenvalue weighted by Gasteiger charge is -2.06. The fourth-order valence-corrected chi connectivity index (χ4v) is 3.10. The number of imidazole rings is 1. The highest BCUT2D eigenvalue weighted by molar-refractivity contribution is 5.76. The maximum atomic E-state index is 5.47. The molecule has 0 saturated heterocycles. The summed E-state index contributed by atoms with van der Waals surface area (Å²) >= 11 is 0. The van der Waals surface area contributed by atoms with E-state index in [0.29, 0.717) is 23.7 Å². The highest BCUT2D eigenvalue weighted by atomic mass is 16.5. The fraction of sp³-hybridized carbons (Fsp3) is 0.312. The van der Waals surface area contributed by atoms with Gasteiger partial charge in [0.05, 0.1) is 23.8 Å². The summed E-state index contributed by atoms with van der Waals surface area (Å²) in [6, 6.07) is 10.4. The van der Waals surface area contributed by atoms with Crippen molar-refractivity contribution in [2.75, 3.05) is 12.5 Å². The number of fused-ring (bicyclic) bond motifs is 1. The van der Waals surface area contributed by atoms with Crippen molar-refractivity contribution in [3.63, 3.8) is 0 Å². The van der Waals surface area contributed by atoms with Gasteiger partial charge in [-0.05, 0) is 18.6 Å². The van der Waals surface area contributed by atoms with Crippen molar-refractivity contribution in [1.29, 1.82) is 0 Å². The minimum atomic E-state index is 0.314. The van der Waals surface area contributed by atoms with E-state index in [0.717, 1.165) is 29.0 Å². The maximum Gasteiger partial charge on any atom is 0.318 e. The molecule has 23 heavy (non-hydrogen) atoms. The van der Waals surface area contributed by atoms with Crippen LogP contribution in [0.15, 0.2) is 30.3 Å². The van der Waals surface area contributed by atoms with E-state index >= 15 is 0 Å². The van der Waals surface area contributed by atoms with Gasteiger partial charge in [-0.3, -0.25) is 0 Å². The Morgan fingerprint density at radius 3 is 2.78 bits per heavy atom. The topological polar surface area (TPSA) is 90.9 Å². The first-order valence-corrected chi connectivity index (χ1v) is 7.52. The number of aryl methyl sites for hydroxylation is 1. The molecule has 0 aliphatic heterocycles. The van der Waals surface area contributed by atoms with Crippen LogP contribution in [0.5, 0.6) is 6.01 Å². The van der Waals surface area contributed by atoms with Crippen LogP contribution in [0.3, 0.4) is 0 Å². The summed E-state index contributed by atoms with van der Waals surface area (Å²) in [5.74, 6) is 7.80. The lowest BCUT2D eigenvalue weighted by Crippen LogP contribution is -2.10. The number of nitrogens with two attached hydrogens (primary N) is 1. The van der Waals surface area contributed by atoms with Gasteiger partial charge in [0.15, 0.2) is 0 Å². The summed E-state index contributed by atoms with van der Waals surface area (Å²) in [5, 5.41) is 0. The number of aromatic nitrogens is 4. The standard InChI is InChI=1S/C16H18N6O/c1-22-13-6-4-3-5-11(13)18-15(22)10-7-9(10)12-8-14(21-17)20-16(19-12)23-2/h3-6,8-10H,7,17H2,1-2H3,(H,19,20,21)/t9-,10-/m1/s1. The second-order valence-electron chi connectivity index (χ2n) is 5.78. The number of hydrogen-bond acceptors (Lipinski definition) is 6. The molecule has 3 N–H and O–H groups in total. The van der Waals surface area contributed by atoms with Crippen LogP contribution in [-0.4, -0.2) is 26.6 Å². The molecule has 2 atom stereocenters. The van der Waals surface area contributed by atoms with E-state index in [-0.39, 0.29) is 0 Å². The molecule has 0 radical (unpaired) electrons. The highest BCUT2D eigenvalue weighted by Crippen LogP contribution is 2.54. The SMILES string of the molecule is COc1nc(NN)cc([C@@H]2C[C@H]2c2nc3ccccc3n2C)n1. The molecule has 1 fully saturated rings. The Morgan fingerprint density at radius 1 is 1.22 bits per heavy atom. The molecule has 4 rings (SSSR count). The third kappa shape index (κ3) is 2.29. The minimum absolute atomic E-state index is 0.314. The monoisotopic (exact) mass is 310 g/mol. The quantitative estimate of drug-likeness (QED) is 0.565. The predicted octanol–water partition coefficient (Wildman–Crippen LogP) is 1.93. The lowest BCUT2D eigenvalue weighted by atomic mass is 10.2. The maximum absolute atomic E-state index is 5.47. The Hall–Kier alpha value is -2.67. The molecule has 0 amide bonds. The first-order chi connectivity index (χ1) is 11.2. The first-order valence-electron chi connectivity index (χ1n) is 7.52. The summed E-state index contributed by atoms with van der Waals surface area (Å²) in [6.45, 7) is 0. The molecule has 0 unspecified atom stereocenters. The van der Waals surface area contributed by atoms with Crippen molar-refractivity contribution in [1.82, 2.24) is 19.5 Å². The van der Waals surface area contributed by atoms with Gasteiger partial charge in [-0.15, -0.1) is 0 Å². The largest absolute Gasteiger partial charge is 0.467 e. The predicted molar refractivity (Wildman–Crippen MR) is 87.2 cm³/mol. The van der Waals surface area contributed by atoms with Gasteiger partial charge in [-0.2, -0.15) is 9.97 Å². The summed E-state index contributed by atoms with van der Waals surface area (Å²) in [5.41, 5.74) is 5.67. The van der Waals surface area contributed by atoms with Gasteiger partial charge in [0, 0.05) is 24.9 Å². The highest BCUT2D eigenvalue weighted by Gasteiger charge is 2.44. The molecule has 0 spiro atoms. The Labute approximate surface area is 133 Å². The van der Waals surface area contributed by atoms with Crippen molar-refractivity contribution < 1.29 is 4.74 Å². The molecule has 1 aromatic carbocycles. The number of nitrogen functional groups attached to an aromatic ring is 1. The molecule has 2 aromatic heterocycles. The molecule has 0 bridgehead atoms. The number of methoxy groups -OCH3 is 1. The molecule has 7 nitrogen and oxygen atoms in total.